The Hall–Kier alpha value is -2.90. The van der Waals surface area contributed by atoms with Crippen molar-refractivity contribution in [3.63, 3.8) is 0 Å². The van der Waals surface area contributed by atoms with E-state index in [0.29, 0.717) is 11.2 Å². The molecule has 0 aliphatic carbocycles. The molecule has 0 aliphatic heterocycles. The van der Waals surface area contributed by atoms with Crippen molar-refractivity contribution in [3.05, 3.63) is 66.4 Å². The molecule has 0 radical (unpaired) electrons. The van der Waals surface area contributed by atoms with Crippen LogP contribution in [0.1, 0.15) is 17.4 Å². The summed E-state index contributed by atoms with van der Waals surface area (Å²) in [5.74, 6) is -0.485. The van der Waals surface area contributed by atoms with E-state index in [1.54, 1.807) is 41.9 Å². The summed E-state index contributed by atoms with van der Waals surface area (Å²) in [6.07, 6.45) is 0. The molecule has 6 nitrogen and oxygen atoms in total. The van der Waals surface area contributed by atoms with E-state index in [4.69, 9.17) is 4.74 Å². The van der Waals surface area contributed by atoms with E-state index in [1.165, 1.54) is 0 Å². The largest absolute Gasteiger partial charge is 0.488 e. The van der Waals surface area contributed by atoms with Crippen molar-refractivity contribution in [2.45, 2.75) is 6.92 Å². The molecule has 0 unspecified atom stereocenters. The van der Waals surface area contributed by atoms with Crippen LogP contribution in [0.15, 0.2) is 60.7 Å². The van der Waals surface area contributed by atoms with Crippen molar-refractivity contribution >= 4 is 18.6 Å². The molecule has 2 aromatic carbocycles. The van der Waals surface area contributed by atoms with Gasteiger partial charge in [0.25, 0.3) is 0 Å². The highest BCUT2D eigenvalue weighted by Crippen LogP contribution is 2.24. The maximum atomic E-state index is 12.1. The first-order valence-corrected chi connectivity index (χ1v) is 7.89. The van der Waals surface area contributed by atoms with E-state index in [-0.39, 0.29) is 12.3 Å². The van der Waals surface area contributed by atoms with Crippen LogP contribution >= 0.6 is 0 Å². The number of hydrogen-bond acceptors (Lipinski definition) is 5. The van der Waals surface area contributed by atoms with Gasteiger partial charge in [-0.15, -0.1) is 0 Å². The fraction of sp³-hybridized carbons (Fsp3) is 0.111. The number of hydrogen-bond donors (Lipinski definition) is 2. The molecule has 3 aromatic rings. The van der Waals surface area contributed by atoms with Crippen LogP contribution in [0.2, 0.25) is 0 Å². The second-order valence-electron chi connectivity index (χ2n) is 5.38. The van der Waals surface area contributed by atoms with Gasteiger partial charge in [0.2, 0.25) is 0 Å². The monoisotopic (exact) mass is 336 g/mol. The van der Waals surface area contributed by atoms with Gasteiger partial charge in [-0.2, -0.15) is 5.10 Å². The fourth-order valence-electron chi connectivity index (χ4n) is 2.48. The van der Waals surface area contributed by atoms with Crippen LogP contribution in [0.3, 0.4) is 0 Å². The van der Waals surface area contributed by atoms with Crippen molar-refractivity contribution in [1.82, 2.24) is 9.78 Å². The molecule has 0 aliphatic rings. The molecule has 0 bridgehead atoms. The van der Waals surface area contributed by atoms with E-state index < -0.39 is 13.1 Å². The molecular weight excluding hydrogens is 319 g/mol. The number of esters is 1. The lowest BCUT2D eigenvalue weighted by Gasteiger charge is -2.08. The van der Waals surface area contributed by atoms with E-state index in [2.05, 4.69) is 5.10 Å². The lowest BCUT2D eigenvalue weighted by molar-refractivity contribution is 0.0519. The summed E-state index contributed by atoms with van der Waals surface area (Å²) in [4.78, 5) is 12.1. The number of ether oxygens (including phenoxy) is 1. The zero-order valence-electron chi connectivity index (χ0n) is 13.7. The smallest absolute Gasteiger partial charge is 0.461 e. The molecule has 25 heavy (non-hydrogen) atoms. The first kappa shape index (κ1) is 16.9. The summed E-state index contributed by atoms with van der Waals surface area (Å²) < 4.78 is 6.67. The quantitative estimate of drug-likeness (QED) is 0.543. The van der Waals surface area contributed by atoms with E-state index in [0.717, 1.165) is 11.3 Å². The van der Waals surface area contributed by atoms with Gasteiger partial charge in [0.1, 0.15) is 0 Å². The highest BCUT2D eigenvalue weighted by Gasteiger charge is 2.18. The maximum Gasteiger partial charge on any atom is 0.488 e. The molecule has 0 spiro atoms. The van der Waals surface area contributed by atoms with Crippen LogP contribution in [0.4, 0.5) is 0 Å². The molecule has 0 saturated carbocycles. The Labute approximate surface area is 145 Å². The molecule has 1 aromatic heterocycles. The minimum atomic E-state index is -1.53. The SMILES string of the molecule is CCOC(=O)c1cc(-c2ccccc2)n(-c2ccc(B(O)O)cc2)n1. The maximum absolute atomic E-state index is 12.1. The van der Waals surface area contributed by atoms with Crippen LogP contribution < -0.4 is 5.46 Å². The Morgan fingerprint density at radius 1 is 1.12 bits per heavy atom. The number of carbonyl (C=O) groups is 1. The summed E-state index contributed by atoms with van der Waals surface area (Å²) in [5, 5.41) is 22.8. The summed E-state index contributed by atoms with van der Waals surface area (Å²) in [5.41, 5.74) is 2.92. The Kier molecular flexibility index (Phi) is 4.97. The van der Waals surface area contributed by atoms with E-state index in [1.807, 2.05) is 30.3 Å². The minimum Gasteiger partial charge on any atom is -0.461 e. The average molecular weight is 336 g/mol. The molecular formula is C18H17BN2O4. The van der Waals surface area contributed by atoms with Gasteiger partial charge in [-0.3, -0.25) is 0 Å². The first-order valence-electron chi connectivity index (χ1n) is 7.89. The Morgan fingerprint density at radius 3 is 2.40 bits per heavy atom. The third-order valence-electron chi connectivity index (χ3n) is 3.70. The molecule has 0 saturated heterocycles. The standard InChI is InChI=1S/C18H17BN2O4/c1-2-25-18(22)16-12-17(13-6-4-3-5-7-13)21(20-16)15-10-8-14(9-11-15)19(23)24/h3-12,23-24H,2H2,1H3. The van der Waals surface area contributed by atoms with Crippen molar-refractivity contribution in [2.24, 2.45) is 0 Å². The average Bonchev–Trinajstić information content (AvgIpc) is 3.08. The van der Waals surface area contributed by atoms with Crippen LogP contribution in [0.25, 0.3) is 16.9 Å². The van der Waals surface area contributed by atoms with Crippen LogP contribution in [-0.2, 0) is 4.74 Å². The van der Waals surface area contributed by atoms with Crippen molar-refractivity contribution in [3.8, 4) is 16.9 Å². The van der Waals surface area contributed by atoms with Gasteiger partial charge in [-0.25, -0.2) is 9.48 Å². The normalized spacial score (nSPS) is 10.5. The second-order valence-corrected chi connectivity index (χ2v) is 5.38. The van der Waals surface area contributed by atoms with Gasteiger partial charge in [-0.05, 0) is 30.6 Å². The Bertz CT molecular complexity index is 861. The third-order valence-corrected chi connectivity index (χ3v) is 3.70. The van der Waals surface area contributed by atoms with Crippen LogP contribution in [0.5, 0.6) is 0 Å². The lowest BCUT2D eigenvalue weighted by Crippen LogP contribution is -2.29. The van der Waals surface area contributed by atoms with E-state index in [9.17, 15) is 14.8 Å². The molecule has 3 rings (SSSR count). The van der Waals surface area contributed by atoms with E-state index >= 15 is 0 Å². The first-order chi connectivity index (χ1) is 12.1. The summed E-state index contributed by atoms with van der Waals surface area (Å²) in [6.45, 7) is 2.02. The van der Waals surface area contributed by atoms with Gasteiger partial charge in [0.05, 0.1) is 18.0 Å². The number of aromatic nitrogens is 2. The zero-order valence-corrected chi connectivity index (χ0v) is 13.7. The van der Waals surface area contributed by atoms with Crippen LogP contribution in [0, 0.1) is 0 Å². The molecule has 126 valence electrons. The number of carbonyl (C=O) groups excluding carboxylic acids is 1. The van der Waals surface area contributed by atoms with Crippen molar-refractivity contribution in [2.75, 3.05) is 6.61 Å². The van der Waals surface area contributed by atoms with Gasteiger partial charge >= 0.3 is 13.1 Å². The second kappa shape index (κ2) is 7.33. The van der Waals surface area contributed by atoms with Crippen molar-refractivity contribution < 1.29 is 19.6 Å². The summed E-state index contributed by atoms with van der Waals surface area (Å²) in [7, 11) is -1.53. The van der Waals surface area contributed by atoms with Gasteiger partial charge < -0.3 is 14.8 Å². The molecule has 0 fully saturated rings. The van der Waals surface area contributed by atoms with Crippen LogP contribution in [-0.4, -0.2) is 39.5 Å². The third kappa shape index (κ3) is 3.62. The number of rotatable bonds is 5. The van der Waals surface area contributed by atoms with Gasteiger partial charge in [0.15, 0.2) is 5.69 Å². The Morgan fingerprint density at radius 2 is 1.80 bits per heavy atom. The summed E-state index contributed by atoms with van der Waals surface area (Å²) in [6, 6.07) is 17.9. The van der Waals surface area contributed by atoms with Gasteiger partial charge in [-0.1, -0.05) is 42.5 Å². The lowest BCUT2D eigenvalue weighted by atomic mass is 9.80. The highest BCUT2D eigenvalue weighted by atomic mass is 16.5. The highest BCUT2D eigenvalue weighted by molar-refractivity contribution is 6.58. The van der Waals surface area contributed by atoms with Gasteiger partial charge in [0, 0.05) is 5.56 Å². The molecule has 7 heteroatoms. The van der Waals surface area contributed by atoms with Crippen molar-refractivity contribution in [1.29, 1.82) is 0 Å². The minimum absolute atomic E-state index is 0.215. The number of nitrogens with zero attached hydrogens (tertiary/aromatic N) is 2. The zero-order chi connectivity index (χ0) is 17.8. The molecule has 0 atom stereocenters. The molecule has 2 N–H and O–H groups in total. The molecule has 0 amide bonds. The summed E-state index contributed by atoms with van der Waals surface area (Å²) >= 11 is 0. The predicted molar refractivity (Wildman–Crippen MR) is 94.8 cm³/mol. The topological polar surface area (TPSA) is 84.6 Å². The predicted octanol–water partition coefficient (Wildman–Crippen LogP) is 1.40. The fourth-order valence-corrected chi connectivity index (χ4v) is 2.48. The number of benzene rings is 2. The molecule has 1 heterocycles. The Balaban J connectivity index is 2.08.